The van der Waals surface area contributed by atoms with Gasteiger partial charge in [0.05, 0.1) is 12.0 Å². The number of benzene rings is 1. The maximum Gasteiger partial charge on any atom is 0.337 e. The zero-order valence-corrected chi connectivity index (χ0v) is 10.3. The van der Waals surface area contributed by atoms with E-state index in [1.54, 1.807) is 6.07 Å². The smallest absolute Gasteiger partial charge is 0.337 e. The van der Waals surface area contributed by atoms with Gasteiger partial charge in [0.1, 0.15) is 11.6 Å². The van der Waals surface area contributed by atoms with E-state index in [-0.39, 0.29) is 23.7 Å². The summed E-state index contributed by atoms with van der Waals surface area (Å²) in [5.74, 6) is -1.60. The lowest BCUT2D eigenvalue weighted by Crippen LogP contribution is -2.15. The highest BCUT2D eigenvalue weighted by Crippen LogP contribution is 2.08. The highest BCUT2D eigenvalue weighted by molar-refractivity contribution is 5.92. The second-order valence-electron chi connectivity index (χ2n) is 4.09. The monoisotopic (exact) mass is 274 g/mol. The average Bonchev–Trinajstić information content (AvgIpc) is 2.39. The van der Waals surface area contributed by atoms with Gasteiger partial charge in [-0.2, -0.15) is 0 Å². The van der Waals surface area contributed by atoms with Crippen LogP contribution in [0, 0.1) is 5.82 Å². The summed E-state index contributed by atoms with van der Waals surface area (Å²) in [5.41, 5.74) is 0.581. The Morgan fingerprint density at radius 3 is 2.65 bits per heavy atom. The number of carbonyl (C=O) groups is 2. The number of anilines is 1. The molecule has 0 atom stereocenters. The molecule has 0 saturated heterocycles. The number of amides is 1. The zero-order valence-electron chi connectivity index (χ0n) is 10.3. The Labute approximate surface area is 114 Å². The maximum atomic E-state index is 13.0. The van der Waals surface area contributed by atoms with Crippen LogP contribution in [0.2, 0.25) is 0 Å². The number of aromatic carboxylic acids is 1. The third-order valence-corrected chi connectivity index (χ3v) is 2.53. The van der Waals surface area contributed by atoms with E-state index in [0.29, 0.717) is 5.56 Å². The van der Waals surface area contributed by atoms with Crippen LogP contribution in [-0.4, -0.2) is 22.0 Å². The van der Waals surface area contributed by atoms with Gasteiger partial charge < -0.3 is 10.4 Å². The van der Waals surface area contributed by atoms with Crippen molar-refractivity contribution < 1.29 is 19.1 Å². The minimum atomic E-state index is -1.09. The lowest BCUT2D eigenvalue weighted by Gasteiger charge is -2.05. The fourth-order valence-electron chi connectivity index (χ4n) is 1.61. The number of carbonyl (C=O) groups excluding carboxylic acids is 1. The summed E-state index contributed by atoms with van der Waals surface area (Å²) in [5, 5.41) is 11.2. The van der Waals surface area contributed by atoms with Crippen LogP contribution in [0.1, 0.15) is 15.9 Å². The van der Waals surface area contributed by atoms with Crippen molar-refractivity contribution in [2.24, 2.45) is 0 Å². The molecular weight excluding hydrogens is 263 g/mol. The quantitative estimate of drug-likeness (QED) is 0.894. The molecule has 102 valence electrons. The van der Waals surface area contributed by atoms with Gasteiger partial charge in [-0.1, -0.05) is 12.1 Å². The molecule has 20 heavy (non-hydrogen) atoms. The zero-order chi connectivity index (χ0) is 14.5. The highest BCUT2D eigenvalue weighted by Gasteiger charge is 2.07. The first kappa shape index (κ1) is 13.7. The Bertz CT molecular complexity index is 641. The van der Waals surface area contributed by atoms with Gasteiger partial charge in [0, 0.05) is 6.20 Å². The Kier molecular flexibility index (Phi) is 4.05. The number of carboxylic acids is 1. The topological polar surface area (TPSA) is 79.3 Å². The molecule has 2 rings (SSSR count). The van der Waals surface area contributed by atoms with E-state index in [4.69, 9.17) is 5.11 Å². The molecule has 1 aromatic heterocycles. The van der Waals surface area contributed by atoms with E-state index in [1.165, 1.54) is 30.3 Å². The van der Waals surface area contributed by atoms with E-state index in [1.807, 2.05) is 0 Å². The Balaban J connectivity index is 1.99. The Hall–Kier alpha value is -2.76. The number of nitrogens with one attached hydrogen (secondary N) is 1. The minimum Gasteiger partial charge on any atom is -0.478 e. The van der Waals surface area contributed by atoms with Crippen LogP contribution < -0.4 is 5.32 Å². The predicted octanol–water partition coefficient (Wildman–Crippen LogP) is 2.10. The van der Waals surface area contributed by atoms with Gasteiger partial charge >= 0.3 is 5.97 Å². The summed E-state index contributed by atoms with van der Waals surface area (Å²) in [6.07, 6.45) is 1.17. The van der Waals surface area contributed by atoms with Gasteiger partial charge in [0.15, 0.2) is 0 Å². The molecule has 1 heterocycles. The summed E-state index contributed by atoms with van der Waals surface area (Å²) in [6, 6.07) is 8.48. The molecule has 0 bridgehead atoms. The molecule has 0 aliphatic carbocycles. The van der Waals surface area contributed by atoms with Crippen LogP contribution in [0.4, 0.5) is 10.2 Å². The van der Waals surface area contributed by atoms with Gasteiger partial charge in [-0.25, -0.2) is 14.2 Å². The first-order chi connectivity index (χ1) is 9.54. The van der Waals surface area contributed by atoms with Gasteiger partial charge in [-0.3, -0.25) is 4.79 Å². The van der Waals surface area contributed by atoms with Crippen LogP contribution in [0.15, 0.2) is 42.6 Å². The Morgan fingerprint density at radius 2 is 2.05 bits per heavy atom. The fraction of sp³-hybridized carbons (Fsp3) is 0.0714. The van der Waals surface area contributed by atoms with Crippen LogP contribution in [-0.2, 0) is 11.2 Å². The molecule has 2 aromatic rings. The third kappa shape index (κ3) is 3.61. The van der Waals surface area contributed by atoms with Gasteiger partial charge in [-0.15, -0.1) is 0 Å². The molecular formula is C14H11FN2O3. The average molecular weight is 274 g/mol. The van der Waals surface area contributed by atoms with Crippen molar-refractivity contribution in [3.63, 3.8) is 0 Å². The van der Waals surface area contributed by atoms with Crippen molar-refractivity contribution in [1.82, 2.24) is 4.98 Å². The first-order valence-corrected chi connectivity index (χ1v) is 5.78. The van der Waals surface area contributed by atoms with E-state index in [2.05, 4.69) is 10.3 Å². The molecule has 1 aromatic carbocycles. The van der Waals surface area contributed by atoms with E-state index < -0.39 is 11.8 Å². The number of carboxylic acid groups (broad SMARTS) is 1. The number of aromatic nitrogens is 1. The summed E-state index contributed by atoms with van der Waals surface area (Å²) in [7, 11) is 0. The van der Waals surface area contributed by atoms with Crippen molar-refractivity contribution in [2.75, 3.05) is 5.32 Å². The maximum absolute atomic E-state index is 13.0. The largest absolute Gasteiger partial charge is 0.478 e. The second-order valence-corrected chi connectivity index (χ2v) is 4.09. The van der Waals surface area contributed by atoms with E-state index >= 15 is 0 Å². The number of pyridine rings is 1. The molecule has 1 amide bonds. The van der Waals surface area contributed by atoms with Crippen LogP contribution in [0.25, 0.3) is 0 Å². The molecule has 0 aliphatic rings. The Morgan fingerprint density at radius 1 is 1.25 bits per heavy atom. The van der Waals surface area contributed by atoms with Gasteiger partial charge in [-0.05, 0) is 29.8 Å². The van der Waals surface area contributed by atoms with Crippen molar-refractivity contribution in [2.45, 2.75) is 6.42 Å². The second kappa shape index (κ2) is 5.92. The van der Waals surface area contributed by atoms with Crippen molar-refractivity contribution in [3.8, 4) is 0 Å². The van der Waals surface area contributed by atoms with Gasteiger partial charge in [0.25, 0.3) is 0 Å². The molecule has 0 fully saturated rings. The number of hydrogen-bond donors (Lipinski definition) is 2. The van der Waals surface area contributed by atoms with Crippen LogP contribution in [0.5, 0.6) is 0 Å². The third-order valence-electron chi connectivity index (χ3n) is 2.53. The summed E-state index contributed by atoms with van der Waals surface area (Å²) >= 11 is 0. The van der Waals surface area contributed by atoms with E-state index in [0.717, 1.165) is 6.20 Å². The van der Waals surface area contributed by atoms with Crippen LogP contribution in [0.3, 0.4) is 0 Å². The lowest BCUT2D eigenvalue weighted by molar-refractivity contribution is -0.115. The molecule has 2 N–H and O–H groups in total. The molecule has 0 radical (unpaired) electrons. The molecule has 6 heteroatoms. The van der Waals surface area contributed by atoms with Crippen molar-refractivity contribution in [1.29, 1.82) is 0 Å². The first-order valence-electron chi connectivity index (χ1n) is 5.78. The minimum absolute atomic E-state index is 0.0140. The summed E-state index contributed by atoms with van der Waals surface area (Å²) in [6.45, 7) is 0. The lowest BCUT2D eigenvalue weighted by atomic mass is 10.1. The number of halogens is 1. The molecule has 0 spiro atoms. The number of nitrogens with zero attached hydrogens (tertiary/aromatic N) is 1. The predicted molar refractivity (Wildman–Crippen MR) is 69.9 cm³/mol. The number of rotatable bonds is 4. The normalized spacial score (nSPS) is 10.1. The molecule has 0 unspecified atom stereocenters. The number of hydrogen-bond acceptors (Lipinski definition) is 3. The van der Waals surface area contributed by atoms with Crippen LogP contribution >= 0.6 is 0 Å². The molecule has 0 aliphatic heterocycles. The van der Waals surface area contributed by atoms with E-state index in [9.17, 15) is 14.0 Å². The van der Waals surface area contributed by atoms with Crippen molar-refractivity contribution in [3.05, 3.63) is 59.5 Å². The van der Waals surface area contributed by atoms with Gasteiger partial charge in [0.2, 0.25) is 5.91 Å². The molecule has 5 nitrogen and oxygen atoms in total. The highest BCUT2D eigenvalue weighted by atomic mass is 19.1. The summed E-state index contributed by atoms with van der Waals surface area (Å²) < 4.78 is 13.0. The standard InChI is InChI=1S/C14H11FN2O3/c15-11-3-1-2-9(6-11)7-13(18)17-12-5-4-10(8-16-12)14(19)20/h1-6,8H,7H2,(H,19,20)(H,16,17,18). The SMILES string of the molecule is O=C(Cc1cccc(F)c1)Nc1ccc(C(=O)O)cn1. The fourth-order valence-corrected chi connectivity index (χ4v) is 1.61. The summed E-state index contributed by atoms with van der Waals surface area (Å²) in [4.78, 5) is 26.2. The molecule has 0 saturated carbocycles. The van der Waals surface area contributed by atoms with Crippen molar-refractivity contribution >= 4 is 17.7 Å².